The number of hydrogen-bond donors (Lipinski definition) is 1. The lowest BCUT2D eigenvalue weighted by atomic mass is 9.99. The normalized spacial score (nSPS) is 14.4. The number of rotatable bonds is 5. The van der Waals surface area contributed by atoms with Crippen LogP contribution < -0.4 is 10.2 Å². The number of nitrogens with one attached hydrogen (secondary N) is 1. The Bertz CT molecular complexity index is 1010. The number of amides is 2. The second kappa shape index (κ2) is 8.88. The van der Waals surface area contributed by atoms with Gasteiger partial charge in [-0.15, -0.1) is 11.3 Å². The molecule has 1 aliphatic heterocycles. The van der Waals surface area contributed by atoms with E-state index < -0.39 is 6.04 Å². The molecule has 1 aromatic heterocycles. The van der Waals surface area contributed by atoms with Crippen LogP contribution in [0.5, 0.6) is 0 Å². The van der Waals surface area contributed by atoms with Crippen molar-refractivity contribution in [3.63, 3.8) is 0 Å². The lowest BCUT2D eigenvalue weighted by molar-refractivity contribution is -0.125. The summed E-state index contributed by atoms with van der Waals surface area (Å²) in [5.74, 6) is -0.396. The highest BCUT2D eigenvalue weighted by Gasteiger charge is 2.30. The average molecular weight is 403 g/mol. The Labute approximate surface area is 174 Å². The van der Waals surface area contributed by atoms with Crippen LogP contribution in [0.1, 0.15) is 28.5 Å². The van der Waals surface area contributed by atoms with Crippen LogP contribution in [0.3, 0.4) is 0 Å². The predicted molar refractivity (Wildman–Crippen MR) is 118 cm³/mol. The molecule has 4 nitrogen and oxygen atoms in total. The molecular formula is C24H22N2O2S. The van der Waals surface area contributed by atoms with E-state index in [9.17, 15) is 9.59 Å². The van der Waals surface area contributed by atoms with Crippen LogP contribution >= 0.6 is 11.3 Å². The molecule has 3 aromatic rings. The third kappa shape index (κ3) is 4.46. The highest BCUT2D eigenvalue weighted by molar-refractivity contribution is 7.10. The zero-order chi connectivity index (χ0) is 20.1. The van der Waals surface area contributed by atoms with Gasteiger partial charge in [0.15, 0.2) is 0 Å². The first-order valence-corrected chi connectivity index (χ1v) is 10.6. The maximum atomic E-state index is 13.5. The molecule has 1 atom stereocenters. The first kappa shape index (κ1) is 19.2. The summed E-state index contributed by atoms with van der Waals surface area (Å²) in [7, 11) is 0. The summed E-state index contributed by atoms with van der Waals surface area (Å²) in [5.41, 5.74) is 2.88. The predicted octanol–water partition coefficient (Wildman–Crippen LogP) is 4.60. The fraction of sp³-hybridized carbons (Fsp3) is 0.167. The quantitative estimate of drug-likeness (QED) is 0.634. The Morgan fingerprint density at radius 3 is 2.59 bits per heavy atom. The van der Waals surface area contributed by atoms with Crippen molar-refractivity contribution in [2.24, 2.45) is 0 Å². The molecule has 0 radical (unpaired) electrons. The zero-order valence-corrected chi connectivity index (χ0v) is 16.8. The fourth-order valence-corrected chi connectivity index (χ4v) is 4.20. The van der Waals surface area contributed by atoms with E-state index in [1.165, 1.54) is 11.6 Å². The van der Waals surface area contributed by atoms with E-state index in [2.05, 4.69) is 11.4 Å². The summed E-state index contributed by atoms with van der Waals surface area (Å²) in [5, 5.41) is 4.87. The third-order valence-electron chi connectivity index (χ3n) is 4.98. The topological polar surface area (TPSA) is 49.4 Å². The smallest absolute Gasteiger partial charge is 0.254 e. The van der Waals surface area contributed by atoms with E-state index in [0.29, 0.717) is 6.54 Å². The minimum absolute atomic E-state index is 0.110. The van der Waals surface area contributed by atoms with Gasteiger partial charge in [-0.2, -0.15) is 0 Å². The van der Waals surface area contributed by atoms with Gasteiger partial charge >= 0.3 is 0 Å². The molecule has 146 valence electrons. The van der Waals surface area contributed by atoms with E-state index in [4.69, 9.17) is 0 Å². The summed E-state index contributed by atoms with van der Waals surface area (Å²) >= 11 is 1.56. The highest BCUT2D eigenvalue weighted by atomic mass is 32.1. The molecule has 29 heavy (non-hydrogen) atoms. The van der Waals surface area contributed by atoms with Crippen molar-refractivity contribution in [1.82, 2.24) is 5.32 Å². The molecule has 1 aliphatic rings. The van der Waals surface area contributed by atoms with Gasteiger partial charge in [0.2, 0.25) is 5.91 Å². The largest absolute Gasteiger partial charge is 0.337 e. The Balaban J connectivity index is 1.60. The average Bonchev–Trinajstić information content (AvgIpc) is 3.29. The summed E-state index contributed by atoms with van der Waals surface area (Å²) in [4.78, 5) is 28.9. The number of nitrogens with zero attached hydrogens (tertiary/aromatic N) is 1. The lowest BCUT2D eigenvalue weighted by Gasteiger charge is -2.32. The summed E-state index contributed by atoms with van der Waals surface area (Å²) in [6.45, 7) is 0.653. The highest BCUT2D eigenvalue weighted by Crippen LogP contribution is 2.29. The Morgan fingerprint density at radius 2 is 1.79 bits per heavy atom. The van der Waals surface area contributed by atoms with Gasteiger partial charge in [-0.3, -0.25) is 9.59 Å². The van der Waals surface area contributed by atoms with E-state index in [1.807, 2.05) is 66.0 Å². The van der Waals surface area contributed by atoms with Crippen molar-refractivity contribution < 1.29 is 9.59 Å². The molecule has 2 amide bonds. The van der Waals surface area contributed by atoms with Crippen LogP contribution in [0, 0.1) is 0 Å². The van der Waals surface area contributed by atoms with E-state index in [-0.39, 0.29) is 11.8 Å². The first-order chi connectivity index (χ1) is 14.2. The van der Waals surface area contributed by atoms with Gasteiger partial charge in [0, 0.05) is 23.2 Å². The van der Waals surface area contributed by atoms with Crippen LogP contribution in [0.25, 0.3) is 6.08 Å². The van der Waals surface area contributed by atoms with Gasteiger partial charge in [-0.05, 0) is 47.6 Å². The standard InChI is InChI=1S/C24H22N2O2S/c27-22(15-14-20-12-7-17-29-20)25-23(19-9-2-1-3-10-19)24(28)26-16-6-11-18-8-4-5-13-21(18)26/h1-5,7-10,12-15,17,23H,6,11,16H2,(H,25,27)/b15-14+. The number of carbonyl (C=O) groups excluding carboxylic acids is 2. The number of para-hydroxylation sites is 1. The Morgan fingerprint density at radius 1 is 1.00 bits per heavy atom. The molecule has 1 unspecified atom stereocenters. The van der Waals surface area contributed by atoms with Crippen LogP contribution in [0.15, 0.2) is 78.2 Å². The van der Waals surface area contributed by atoms with Gasteiger partial charge in [0.1, 0.15) is 6.04 Å². The van der Waals surface area contributed by atoms with Crippen LogP contribution in [0.2, 0.25) is 0 Å². The van der Waals surface area contributed by atoms with Crippen molar-refractivity contribution >= 4 is 34.9 Å². The Kier molecular flexibility index (Phi) is 5.86. The second-order valence-electron chi connectivity index (χ2n) is 6.92. The van der Waals surface area contributed by atoms with Gasteiger partial charge in [0.05, 0.1) is 0 Å². The van der Waals surface area contributed by atoms with E-state index in [0.717, 1.165) is 29.0 Å². The summed E-state index contributed by atoms with van der Waals surface area (Å²) < 4.78 is 0. The number of carbonyl (C=O) groups is 2. The van der Waals surface area contributed by atoms with Gasteiger partial charge in [-0.25, -0.2) is 0 Å². The van der Waals surface area contributed by atoms with Crippen molar-refractivity contribution in [3.8, 4) is 0 Å². The molecule has 0 spiro atoms. The van der Waals surface area contributed by atoms with E-state index in [1.54, 1.807) is 22.3 Å². The molecule has 1 N–H and O–H groups in total. The fourth-order valence-electron chi connectivity index (χ4n) is 3.59. The SMILES string of the molecule is O=C(/C=C/c1cccs1)NC(C(=O)N1CCCc2ccccc21)c1ccccc1. The van der Waals surface area contributed by atoms with Crippen molar-refractivity contribution in [2.45, 2.75) is 18.9 Å². The molecule has 0 aliphatic carbocycles. The number of anilines is 1. The number of aryl methyl sites for hydroxylation is 1. The van der Waals surface area contributed by atoms with Gasteiger partial charge in [-0.1, -0.05) is 54.6 Å². The maximum absolute atomic E-state index is 13.5. The van der Waals surface area contributed by atoms with E-state index >= 15 is 0 Å². The molecule has 2 heterocycles. The number of benzene rings is 2. The minimum atomic E-state index is -0.733. The maximum Gasteiger partial charge on any atom is 0.254 e. The molecule has 0 saturated heterocycles. The zero-order valence-electron chi connectivity index (χ0n) is 16.0. The number of fused-ring (bicyclic) bond motifs is 1. The van der Waals surface area contributed by atoms with Crippen LogP contribution in [0.4, 0.5) is 5.69 Å². The summed E-state index contributed by atoms with van der Waals surface area (Å²) in [6.07, 6.45) is 5.13. The molecule has 5 heteroatoms. The molecule has 0 bridgehead atoms. The van der Waals surface area contributed by atoms with Gasteiger partial charge < -0.3 is 10.2 Å². The van der Waals surface area contributed by atoms with Crippen molar-refractivity contribution in [2.75, 3.05) is 11.4 Å². The Hall–Kier alpha value is -3.18. The van der Waals surface area contributed by atoms with Crippen molar-refractivity contribution in [1.29, 1.82) is 0 Å². The van der Waals surface area contributed by atoms with Crippen molar-refractivity contribution in [3.05, 3.63) is 94.2 Å². The first-order valence-electron chi connectivity index (χ1n) is 9.69. The molecule has 0 fully saturated rings. The molecule has 2 aromatic carbocycles. The summed E-state index contributed by atoms with van der Waals surface area (Å²) in [6, 6.07) is 20.6. The lowest BCUT2D eigenvalue weighted by Crippen LogP contribution is -2.44. The molecular weight excluding hydrogens is 380 g/mol. The number of hydrogen-bond acceptors (Lipinski definition) is 3. The second-order valence-corrected chi connectivity index (χ2v) is 7.90. The molecule has 4 rings (SSSR count). The minimum Gasteiger partial charge on any atom is -0.337 e. The van der Waals surface area contributed by atoms with Crippen LogP contribution in [-0.4, -0.2) is 18.4 Å². The monoisotopic (exact) mass is 402 g/mol. The van der Waals surface area contributed by atoms with Crippen LogP contribution in [-0.2, 0) is 16.0 Å². The van der Waals surface area contributed by atoms with Gasteiger partial charge in [0.25, 0.3) is 5.91 Å². The molecule has 0 saturated carbocycles. The number of thiophene rings is 1. The third-order valence-corrected chi connectivity index (χ3v) is 5.82.